The number of rotatable bonds is 7. The molecule has 2 atom stereocenters. The number of hydrogen-bond donors (Lipinski definition) is 1. The smallest absolute Gasteiger partial charge is 0.331 e. The number of carbonyl (C=O) groups excluding carboxylic acids is 2. The van der Waals surface area contributed by atoms with E-state index in [0.29, 0.717) is 11.5 Å². The summed E-state index contributed by atoms with van der Waals surface area (Å²) in [6.07, 6.45) is 2.72. The minimum atomic E-state index is -0.944. The van der Waals surface area contributed by atoms with Crippen molar-refractivity contribution >= 4 is 23.6 Å². The number of nitrogens with one attached hydrogen (secondary N) is 1. The Morgan fingerprint density at radius 2 is 1.78 bits per heavy atom. The second kappa shape index (κ2) is 9.67. The van der Waals surface area contributed by atoms with Gasteiger partial charge in [0, 0.05) is 11.8 Å². The lowest BCUT2D eigenvalue weighted by molar-refractivity contribution is -0.148. The number of anilines is 1. The van der Waals surface area contributed by atoms with E-state index in [1.807, 2.05) is 24.3 Å². The molecule has 0 heterocycles. The van der Waals surface area contributed by atoms with Gasteiger partial charge in [0.05, 0.1) is 0 Å². The number of amides is 1. The van der Waals surface area contributed by atoms with Gasteiger partial charge in [-0.05, 0) is 54.7 Å². The van der Waals surface area contributed by atoms with Gasteiger partial charge in [-0.15, -0.1) is 0 Å². The molecule has 2 rings (SSSR count). The molecule has 0 aliphatic heterocycles. The highest BCUT2D eigenvalue weighted by molar-refractivity contribution is 5.97. The van der Waals surface area contributed by atoms with Gasteiger partial charge in [0.25, 0.3) is 5.91 Å². The summed E-state index contributed by atoms with van der Waals surface area (Å²) in [6.45, 7) is 5.70. The van der Waals surface area contributed by atoms with E-state index < -0.39 is 18.0 Å². The molecule has 0 spiro atoms. The quantitative estimate of drug-likeness (QED) is 0.556. The fourth-order valence-corrected chi connectivity index (χ4v) is 2.50. The largest absolute Gasteiger partial charge is 0.449 e. The molecule has 5 heteroatoms. The van der Waals surface area contributed by atoms with Gasteiger partial charge in [-0.2, -0.15) is 0 Å². The van der Waals surface area contributed by atoms with Crippen molar-refractivity contribution in [3.8, 4) is 0 Å². The average molecular weight is 369 g/mol. The minimum absolute atomic E-state index is 0.304. The van der Waals surface area contributed by atoms with Gasteiger partial charge in [0.15, 0.2) is 6.10 Å². The lowest BCUT2D eigenvalue weighted by Gasteiger charge is -2.17. The first-order chi connectivity index (χ1) is 12.9. The molecule has 0 saturated carbocycles. The Labute approximate surface area is 159 Å². The van der Waals surface area contributed by atoms with Crippen LogP contribution < -0.4 is 5.32 Å². The lowest BCUT2D eigenvalue weighted by Crippen LogP contribution is -2.29. The highest BCUT2D eigenvalue weighted by atomic mass is 19.1. The highest BCUT2D eigenvalue weighted by Crippen LogP contribution is 2.26. The Morgan fingerprint density at radius 3 is 2.44 bits per heavy atom. The molecule has 0 saturated heterocycles. The van der Waals surface area contributed by atoms with Crippen molar-refractivity contribution in [1.29, 1.82) is 0 Å². The molecule has 1 N–H and O–H groups in total. The van der Waals surface area contributed by atoms with E-state index >= 15 is 0 Å². The van der Waals surface area contributed by atoms with Crippen LogP contribution in [-0.2, 0) is 14.3 Å². The Morgan fingerprint density at radius 1 is 1.11 bits per heavy atom. The van der Waals surface area contributed by atoms with Crippen LogP contribution >= 0.6 is 0 Å². The summed E-state index contributed by atoms with van der Waals surface area (Å²) in [5.41, 5.74) is 2.43. The first-order valence-corrected chi connectivity index (χ1v) is 8.94. The molecule has 0 aliphatic carbocycles. The molecule has 0 aromatic heterocycles. The number of ether oxygens (including phenoxy) is 1. The van der Waals surface area contributed by atoms with Crippen LogP contribution in [-0.4, -0.2) is 18.0 Å². The lowest BCUT2D eigenvalue weighted by atomic mass is 9.97. The van der Waals surface area contributed by atoms with E-state index in [1.54, 1.807) is 12.1 Å². The standard InChI is InChI=1S/C22H24FNO3/c1-4-15(2)19-7-5-6-8-20(19)24-22(26)16(3)27-21(25)14-11-17-9-12-18(23)13-10-17/h5-16H,4H2,1-3H3,(H,24,26)/b14-11+/t15-,16-/m1/s1. The number of hydrogen-bond acceptors (Lipinski definition) is 3. The van der Waals surface area contributed by atoms with Crippen LogP contribution in [0.5, 0.6) is 0 Å². The normalized spacial score (nSPS) is 13.2. The van der Waals surface area contributed by atoms with Crippen LogP contribution in [0.2, 0.25) is 0 Å². The molecule has 27 heavy (non-hydrogen) atoms. The van der Waals surface area contributed by atoms with E-state index in [9.17, 15) is 14.0 Å². The fraction of sp³-hybridized carbons (Fsp3) is 0.273. The summed E-state index contributed by atoms with van der Waals surface area (Å²) in [7, 11) is 0. The highest BCUT2D eigenvalue weighted by Gasteiger charge is 2.18. The number of para-hydroxylation sites is 1. The van der Waals surface area contributed by atoms with Crippen LogP contribution in [0.1, 0.15) is 44.2 Å². The van der Waals surface area contributed by atoms with E-state index in [4.69, 9.17) is 4.74 Å². The third-order valence-electron chi connectivity index (χ3n) is 4.31. The molecule has 0 aliphatic rings. The molecule has 2 aromatic carbocycles. The van der Waals surface area contributed by atoms with Crippen LogP contribution in [0.25, 0.3) is 6.08 Å². The van der Waals surface area contributed by atoms with E-state index in [-0.39, 0.29) is 5.82 Å². The van der Waals surface area contributed by atoms with Gasteiger partial charge in [0.2, 0.25) is 0 Å². The van der Waals surface area contributed by atoms with Crippen molar-refractivity contribution in [2.75, 3.05) is 5.32 Å². The summed E-state index contributed by atoms with van der Waals surface area (Å²) in [4.78, 5) is 24.3. The first kappa shape index (κ1) is 20.4. The average Bonchev–Trinajstić information content (AvgIpc) is 2.67. The molecule has 142 valence electrons. The predicted octanol–water partition coefficient (Wildman–Crippen LogP) is 4.92. The molecule has 1 amide bonds. The van der Waals surface area contributed by atoms with E-state index in [0.717, 1.165) is 17.7 Å². The van der Waals surface area contributed by atoms with Crippen LogP contribution in [0.3, 0.4) is 0 Å². The second-order valence-corrected chi connectivity index (χ2v) is 6.35. The van der Waals surface area contributed by atoms with Gasteiger partial charge in [-0.1, -0.05) is 44.2 Å². The third kappa shape index (κ3) is 6.06. The van der Waals surface area contributed by atoms with Crippen LogP contribution in [0.4, 0.5) is 10.1 Å². The van der Waals surface area contributed by atoms with Crippen molar-refractivity contribution in [2.24, 2.45) is 0 Å². The van der Waals surface area contributed by atoms with Crippen molar-refractivity contribution in [3.63, 3.8) is 0 Å². The van der Waals surface area contributed by atoms with Crippen LogP contribution in [0, 0.1) is 5.82 Å². The van der Waals surface area contributed by atoms with Gasteiger partial charge in [0.1, 0.15) is 5.82 Å². The Bertz CT molecular complexity index is 815. The van der Waals surface area contributed by atoms with Gasteiger partial charge < -0.3 is 10.1 Å². The molecular formula is C22H24FNO3. The number of carbonyl (C=O) groups is 2. The molecule has 0 fully saturated rings. The summed E-state index contributed by atoms with van der Waals surface area (Å²) in [6, 6.07) is 13.3. The number of esters is 1. The zero-order valence-electron chi connectivity index (χ0n) is 15.7. The first-order valence-electron chi connectivity index (χ1n) is 8.94. The van der Waals surface area contributed by atoms with Gasteiger partial charge >= 0.3 is 5.97 Å². The zero-order valence-corrected chi connectivity index (χ0v) is 15.7. The number of halogens is 1. The Kier molecular flexibility index (Phi) is 7.29. The van der Waals surface area contributed by atoms with Crippen molar-refractivity contribution < 1.29 is 18.7 Å². The molecule has 4 nitrogen and oxygen atoms in total. The molecular weight excluding hydrogens is 345 g/mol. The monoisotopic (exact) mass is 369 g/mol. The molecule has 2 aromatic rings. The van der Waals surface area contributed by atoms with E-state index in [2.05, 4.69) is 19.2 Å². The maximum absolute atomic E-state index is 12.9. The number of benzene rings is 2. The fourth-order valence-electron chi connectivity index (χ4n) is 2.50. The third-order valence-corrected chi connectivity index (χ3v) is 4.31. The second-order valence-electron chi connectivity index (χ2n) is 6.35. The van der Waals surface area contributed by atoms with Crippen molar-refractivity contribution in [1.82, 2.24) is 0 Å². The molecule has 0 unspecified atom stereocenters. The maximum atomic E-state index is 12.9. The van der Waals surface area contributed by atoms with Gasteiger partial charge in [-0.25, -0.2) is 9.18 Å². The van der Waals surface area contributed by atoms with E-state index in [1.165, 1.54) is 31.2 Å². The molecule has 0 bridgehead atoms. The summed E-state index contributed by atoms with van der Waals surface area (Å²) in [5, 5.41) is 2.83. The SMILES string of the molecule is CC[C@@H](C)c1ccccc1NC(=O)[C@@H](C)OC(=O)/C=C/c1ccc(F)cc1. The summed E-state index contributed by atoms with van der Waals surface area (Å²) in [5.74, 6) is -1.08. The molecule has 0 radical (unpaired) electrons. The Hall–Kier alpha value is -2.95. The minimum Gasteiger partial charge on any atom is -0.449 e. The Balaban J connectivity index is 1.95. The zero-order chi connectivity index (χ0) is 19.8. The summed E-state index contributed by atoms with van der Waals surface area (Å²) < 4.78 is 18.0. The van der Waals surface area contributed by atoms with Crippen LogP contribution in [0.15, 0.2) is 54.6 Å². The predicted molar refractivity (Wildman–Crippen MR) is 105 cm³/mol. The summed E-state index contributed by atoms with van der Waals surface area (Å²) >= 11 is 0. The van der Waals surface area contributed by atoms with Gasteiger partial charge in [-0.3, -0.25) is 4.79 Å². The topological polar surface area (TPSA) is 55.4 Å². The van der Waals surface area contributed by atoms with Crippen molar-refractivity contribution in [3.05, 3.63) is 71.6 Å². The maximum Gasteiger partial charge on any atom is 0.331 e. The van der Waals surface area contributed by atoms with Crippen molar-refractivity contribution in [2.45, 2.75) is 39.2 Å².